The van der Waals surface area contributed by atoms with E-state index in [1.807, 2.05) is 0 Å². The number of imidazole rings is 1. The Bertz CT molecular complexity index is 632. The third-order valence-corrected chi connectivity index (χ3v) is 3.34. The molecule has 0 aliphatic carbocycles. The highest BCUT2D eigenvalue weighted by Gasteiger charge is 2.24. The standard InChI is InChI=1S/C11H15N5O2/c12-10-9-8(1-2-14-10)16(11(18)15-9)6-3-7(17)5-13-4-6/h1-2,6-7,13,17H,3-5H2,(H2,12,14)(H,15,18)/t6-,7+/m1/s1. The number of fused-ring (bicyclic) bond motifs is 1. The topological polar surface area (TPSA) is 109 Å². The molecule has 0 unspecified atom stereocenters. The number of piperidine rings is 1. The number of nitrogens with two attached hydrogens (primary N) is 1. The fraction of sp³-hybridized carbons (Fsp3) is 0.455. The average molecular weight is 249 g/mol. The summed E-state index contributed by atoms with van der Waals surface area (Å²) in [6, 6.07) is 1.68. The molecule has 1 aliphatic heterocycles. The summed E-state index contributed by atoms with van der Waals surface area (Å²) in [6.45, 7) is 1.23. The fourth-order valence-corrected chi connectivity index (χ4v) is 2.53. The zero-order chi connectivity index (χ0) is 12.7. The lowest BCUT2D eigenvalue weighted by atomic mass is 10.0. The van der Waals surface area contributed by atoms with E-state index in [9.17, 15) is 9.90 Å². The van der Waals surface area contributed by atoms with E-state index in [0.29, 0.717) is 30.8 Å². The van der Waals surface area contributed by atoms with Crippen molar-refractivity contribution in [1.82, 2.24) is 19.9 Å². The number of hydrogen-bond donors (Lipinski definition) is 4. The molecule has 2 atom stereocenters. The smallest absolute Gasteiger partial charge is 0.326 e. The molecule has 18 heavy (non-hydrogen) atoms. The summed E-state index contributed by atoms with van der Waals surface area (Å²) < 4.78 is 1.64. The Balaban J connectivity index is 2.14. The van der Waals surface area contributed by atoms with Crippen molar-refractivity contribution in [3.63, 3.8) is 0 Å². The highest BCUT2D eigenvalue weighted by Crippen LogP contribution is 2.22. The van der Waals surface area contributed by atoms with Gasteiger partial charge in [0, 0.05) is 19.3 Å². The van der Waals surface area contributed by atoms with E-state index in [1.165, 1.54) is 0 Å². The van der Waals surface area contributed by atoms with Crippen molar-refractivity contribution in [3.05, 3.63) is 22.7 Å². The van der Waals surface area contributed by atoms with Crippen LogP contribution in [-0.4, -0.2) is 38.8 Å². The van der Waals surface area contributed by atoms with Gasteiger partial charge < -0.3 is 21.1 Å². The van der Waals surface area contributed by atoms with Gasteiger partial charge in [-0.25, -0.2) is 9.78 Å². The van der Waals surface area contributed by atoms with Crippen LogP contribution in [0.25, 0.3) is 11.0 Å². The number of aromatic nitrogens is 3. The maximum absolute atomic E-state index is 12.0. The van der Waals surface area contributed by atoms with Gasteiger partial charge in [0.1, 0.15) is 11.3 Å². The second kappa shape index (κ2) is 4.11. The SMILES string of the molecule is Nc1nccc2c1[nH]c(=O)n2[C@H]1CNC[C@@H](O)C1. The molecule has 0 spiro atoms. The van der Waals surface area contributed by atoms with Gasteiger partial charge in [0.2, 0.25) is 0 Å². The van der Waals surface area contributed by atoms with Gasteiger partial charge in [0.05, 0.1) is 17.7 Å². The molecule has 7 nitrogen and oxygen atoms in total. The van der Waals surface area contributed by atoms with Crippen molar-refractivity contribution in [1.29, 1.82) is 0 Å². The average Bonchev–Trinajstić information content (AvgIpc) is 2.67. The quantitative estimate of drug-likeness (QED) is 0.529. The number of nitrogens with zero attached hydrogens (tertiary/aromatic N) is 2. The summed E-state index contributed by atoms with van der Waals surface area (Å²) >= 11 is 0. The monoisotopic (exact) mass is 249 g/mol. The van der Waals surface area contributed by atoms with Crippen molar-refractivity contribution in [2.24, 2.45) is 0 Å². The normalized spacial score (nSPS) is 24.5. The van der Waals surface area contributed by atoms with Gasteiger partial charge in [-0.1, -0.05) is 0 Å². The third kappa shape index (κ3) is 1.68. The molecule has 1 aliphatic rings. The number of aromatic amines is 1. The van der Waals surface area contributed by atoms with Crippen molar-refractivity contribution in [2.45, 2.75) is 18.6 Å². The fourth-order valence-electron chi connectivity index (χ4n) is 2.53. The predicted molar refractivity (Wildman–Crippen MR) is 67.3 cm³/mol. The first-order chi connectivity index (χ1) is 8.66. The lowest BCUT2D eigenvalue weighted by Gasteiger charge is -2.27. The molecule has 96 valence electrons. The Morgan fingerprint density at radius 1 is 1.50 bits per heavy atom. The first-order valence-corrected chi connectivity index (χ1v) is 5.90. The number of nitrogen functional groups attached to an aromatic ring is 1. The van der Waals surface area contributed by atoms with Crippen LogP contribution in [0.3, 0.4) is 0 Å². The molecular formula is C11H15N5O2. The third-order valence-electron chi connectivity index (χ3n) is 3.34. The number of nitrogens with one attached hydrogen (secondary N) is 2. The summed E-state index contributed by atoms with van der Waals surface area (Å²) in [5.74, 6) is 0.313. The molecular weight excluding hydrogens is 234 g/mol. The minimum Gasteiger partial charge on any atom is -0.392 e. The molecule has 0 radical (unpaired) electrons. The molecule has 0 amide bonds. The number of rotatable bonds is 1. The van der Waals surface area contributed by atoms with Gasteiger partial charge in [-0.15, -0.1) is 0 Å². The zero-order valence-electron chi connectivity index (χ0n) is 9.76. The zero-order valence-corrected chi connectivity index (χ0v) is 9.76. The number of β-amino-alcohol motifs (C(OH)–C–C–N with tert-alkyl or cyclic N) is 1. The van der Waals surface area contributed by atoms with Crippen LogP contribution in [0.4, 0.5) is 5.82 Å². The lowest BCUT2D eigenvalue weighted by molar-refractivity contribution is 0.117. The number of aliphatic hydroxyl groups excluding tert-OH is 1. The Labute approximate surface area is 103 Å². The van der Waals surface area contributed by atoms with Gasteiger partial charge in [0.15, 0.2) is 0 Å². The van der Waals surface area contributed by atoms with Crippen molar-refractivity contribution in [2.75, 3.05) is 18.8 Å². The van der Waals surface area contributed by atoms with Crippen LogP contribution in [-0.2, 0) is 0 Å². The Morgan fingerprint density at radius 2 is 2.33 bits per heavy atom. The Hall–Kier alpha value is -1.86. The molecule has 3 heterocycles. The first-order valence-electron chi connectivity index (χ1n) is 5.90. The van der Waals surface area contributed by atoms with E-state index in [1.54, 1.807) is 16.8 Å². The van der Waals surface area contributed by atoms with Crippen molar-refractivity contribution in [3.8, 4) is 0 Å². The van der Waals surface area contributed by atoms with E-state index >= 15 is 0 Å². The highest BCUT2D eigenvalue weighted by molar-refractivity contribution is 5.84. The van der Waals surface area contributed by atoms with E-state index in [0.717, 1.165) is 5.52 Å². The maximum Gasteiger partial charge on any atom is 0.326 e. The van der Waals surface area contributed by atoms with Crippen molar-refractivity contribution >= 4 is 16.9 Å². The van der Waals surface area contributed by atoms with Gasteiger partial charge in [-0.05, 0) is 12.5 Å². The number of anilines is 1. The predicted octanol–water partition coefficient (Wildman–Crippen LogP) is -0.798. The summed E-state index contributed by atoms with van der Waals surface area (Å²) in [6.07, 6.45) is 1.70. The summed E-state index contributed by atoms with van der Waals surface area (Å²) in [5.41, 5.74) is 6.81. The minimum absolute atomic E-state index is 0.0724. The Morgan fingerprint density at radius 3 is 3.11 bits per heavy atom. The summed E-state index contributed by atoms with van der Waals surface area (Å²) in [5, 5.41) is 12.8. The number of H-pyrrole nitrogens is 1. The van der Waals surface area contributed by atoms with E-state index in [2.05, 4.69) is 15.3 Å². The van der Waals surface area contributed by atoms with Gasteiger partial charge >= 0.3 is 5.69 Å². The molecule has 3 rings (SSSR count). The van der Waals surface area contributed by atoms with E-state index in [-0.39, 0.29) is 11.7 Å². The van der Waals surface area contributed by atoms with Gasteiger partial charge in [-0.3, -0.25) is 4.57 Å². The molecule has 1 saturated heterocycles. The van der Waals surface area contributed by atoms with Crippen LogP contribution in [0.5, 0.6) is 0 Å². The first kappa shape index (κ1) is 11.2. The molecule has 2 aromatic rings. The van der Waals surface area contributed by atoms with E-state index in [4.69, 9.17) is 5.73 Å². The van der Waals surface area contributed by atoms with E-state index < -0.39 is 6.10 Å². The molecule has 0 aromatic carbocycles. The van der Waals surface area contributed by atoms with Crippen LogP contribution in [0.1, 0.15) is 12.5 Å². The van der Waals surface area contributed by atoms with Crippen LogP contribution in [0.15, 0.2) is 17.1 Å². The van der Waals surface area contributed by atoms with Crippen molar-refractivity contribution < 1.29 is 5.11 Å². The largest absolute Gasteiger partial charge is 0.392 e. The minimum atomic E-state index is -0.431. The van der Waals surface area contributed by atoms with Crippen LogP contribution in [0.2, 0.25) is 0 Å². The number of pyridine rings is 1. The highest BCUT2D eigenvalue weighted by atomic mass is 16.3. The summed E-state index contributed by atoms with van der Waals surface area (Å²) in [4.78, 5) is 18.7. The lowest BCUT2D eigenvalue weighted by Crippen LogP contribution is -2.42. The second-order valence-electron chi connectivity index (χ2n) is 4.59. The molecule has 7 heteroatoms. The van der Waals surface area contributed by atoms with Gasteiger partial charge in [-0.2, -0.15) is 0 Å². The second-order valence-corrected chi connectivity index (χ2v) is 4.59. The van der Waals surface area contributed by atoms with Crippen LogP contribution < -0.4 is 16.7 Å². The van der Waals surface area contributed by atoms with Gasteiger partial charge in [0.25, 0.3) is 0 Å². The molecule has 5 N–H and O–H groups in total. The molecule has 0 bridgehead atoms. The van der Waals surface area contributed by atoms with Crippen LogP contribution >= 0.6 is 0 Å². The number of aliphatic hydroxyl groups is 1. The Kier molecular flexibility index (Phi) is 2.57. The number of hydrogen-bond acceptors (Lipinski definition) is 5. The molecule has 0 saturated carbocycles. The van der Waals surface area contributed by atoms with Crippen LogP contribution in [0, 0.1) is 0 Å². The summed E-state index contributed by atoms with van der Waals surface area (Å²) in [7, 11) is 0. The molecule has 1 fully saturated rings. The maximum atomic E-state index is 12.0. The molecule has 2 aromatic heterocycles.